The summed E-state index contributed by atoms with van der Waals surface area (Å²) in [4.78, 5) is 14.7. The predicted molar refractivity (Wildman–Crippen MR) is 101 cm³/mol. The number of fused-ring (bicyclic) bond motifs is 1. The molecule has 1 atom stereocenters. The lowest BCUT2D eigenvalue weighted by molar-refractivity contribution is -0.134. The topological polar surface area (TPSA) is 32.3 Å². The summed E-state index contributed by atoms with van der Waals surface area (Å²) in [6, 6.07) is 15.9. The molecule has 0 aromatic heterocycles. The van der Waals surface area contributed by atoms with E-state index in [0.717, 1.165) is 18.5 Å². The van der Waals surface area contributed by atoms with E-state index in [2.05, 4.69) is 17.4 Å². The van der Waals surface area contributed by atoms with Gasteiger partial charge in [-0.1, -0.05) is 48.0 Å². The minimum atomic E-state index is -0.149. The lowest BCUT2D eigenvalue weighted by atomic mass is 9.95. The van der Waals surface area contributed by atoms with E-state index in [0.29, 0.717) is 18.1 Å². The Morgan fingerprint density at radius 1 is 1.21 bits per heavy atom. The summed E-state index contributed by atoms with van der Waals surface area (Å²) in [5.41, 5.74) is 3.61. The van der Waals surface area contributed by atoms with Crippen molar-refractivity contribution in [2.24, 2.45) is 0 Å². The molecule has 1 heterocycles. The van der Waals surface area contributed by atoms with Crippen LogP contribution in [0.1, 0.15) is 23.6 Å². The van der Waals surface area contributed by atoms with Crippen molar-refractivity contribution in [1.29, 1.82) is 0 Å². The molecule has 0 aliphatic carbocycles. The van der Waals surface area contributed by atoms with Gasteiger partial charge in [-0.2, -0.15) is 0 Å². The van der Waals surface area contributed by atoms with Crippen LogP contribution in [0.15, 0.2) is 48.5 Å². The second kappa shape index (κ2) is 8.52. The second-order valence-corrected chi connectivity index (χ2v) is 6.33. The Labute approximate surface area is 154 Å². The first-order valence-electron chi connectivity index (χ1n) is 8.00. The monoisotopic (exact) mass is 364 g/mol. The fraction of sp³-hybridized carbons (Fsp3) is 0.316. The van der Waals surface area contributed by atoms with E-state index in [1.54, 1.807) is 0 Å². The molecule has 0 radical (unpaired) electrons. The van der Waals surface area contributed by atoms with Crippen LogP contribution in [-0.4, -0.2) is 23.4 Å². The maximum Gasteiger partial charge on any atom is 0.240 e. The van der Waals surface area contributed by atoms with Crippen LogP contribution >= 0.6 is 24.0 Å². The van der Waals surface area contributed by atoms with Crippen LogP contribution in [0, 0.1) is 0 Å². The third-order valence-electron chi connectivity index (χ3n) is 4.34. The van der Waals surface area contributed by atoms with Crippen molar-refractivity contribution in [2.45, 2.75) is 32.5 Å². The first-order valence-corrected chi connectivity index (χ1v) is 8.38. The van der Waals surface area contributed by atoms with Crippen LogP contribution in [0.2, 0.25) is 5.02 Å². The molecule has 0 spiro atoms. The van der Waals surface area contributed by atoms with E-state index in [9.17, 15) is 4.79 Å². The van der Waals surface area contributed by atoms with Gasteiger partial charge in [-0.15, -0.1) is 12.4 Å². The number of nitrogens with zero attached hydrogens (tertiary/aromatic N) is 1. The van der Waals surface area contributed by atoms with Gasteiger partial charge in [0.05, 0.1) is 6.04 Å². The molecule has 1 amide bonds. The molecule has 1 N–H and O–H groups in total. The minimum Gasteiger partial charge on any atom is -0.337 e. The maximum atomic E-state index is 12.9. The van der Waals surface area contributed by atoms with Crippen molar-refractivity contribution in [2.75, 3.05) is 6.54 Å². The first kappa shape index (κ1) is 18.8. The van der Waals surface area contributed by atoms with Crippen molar-refractivity contribution in [3.8, 4) is 0 Å². The number of carbonyl (C=O) groups excluding carboxylic acids is 1. The Balaban J connectivity index is 0.00000208. The number of hydrogen-bond acceptors (Lipinski definition) is 2. The molecule has 128 valence electrons. The fourth-order valence-electron chi connectivity index (χ4n) is 3.05. The molecule has 0 fully saturated rings. The smallest absolute Gasteiger partial charge is 0.240 e. The van der Waals surface area contributed by atoms with Crippen molar-refractivity contribution in [3.05, 3.63) is 70.2 Å². The van der Waals surface area contributed by atoms with E-state index < -0.39 is 0 Å². The van der Waals surface area contributed by atoms with Crippen molar-refractivity contribution < 1.29 is 4.79 Å². The van der Waals surface area contributed by atoms with Crippen molar-refractivity contribution in [3.63, 3.8) is 0 Å². The van der Waals surface area contributed by atoms with Crippen LogP contribution < -0.4 is 5.32 Å². The molecular weight excluding hydrogens is 343 g/mol. The summed E-state index contributed by atoms with van der Waals surface area (Å²) in [5.74, 6) is 0.155. The Hall–Kier alpha value is -1.55. The number of hydrogen-bond donors (Lipinski definition) is 1. The van der Waals surface area contributed by atoms with Crippen LogP contribution in [0.4, 0.5) is 0 Å². The number of benzene rings is 2. The van der Waals surface area contributed by atoms with Crippen LogP contribution in [0.5, 0.6) is 0 Å². The summed E-state index contributed by atoms with van der Waals surface area (Å²) in [6.07, 6.45) is 0.751. The Morgan fingerprint density at radius 3 is 2.67 bits per heavy atom. The molecule has 3 rings (SSSR count). The van der Waals surface area contributed by atoms with Gasteiger partial charge in [0, 0.05) is 24.7 Å². The molecule has 5 heteroatoms. The highest BCUT2D eigenvalue weighted by atomic mass is 35.5. The number of nitrogens with one attached hydrogen (secondary N) is 1. The van der Waals surface area contributed by atoms with Gasteiger partial charge in [-0.3, -0.25) is 4.79 Å². The average molecular weight is 365 g/mol. The standard InChI is InChI=1S/C19H21ClN2O.ClH/c1-2-22(13-14-6-5-9-17(20)10-14)19(23)18-11-15-7-3-4-8-16(15)12-21-18;/h3-10,18,21H,2,11-13H2,1H3;1H. The zero-order chi connectivity index (χ0) is 16.2. The summed E-state index contributed by atoms with van der Waals surface area (Å²) in [7, 11) is 0. The van der Waals surface area contributed by atoms with E-state index in [-0.39, 0.29) is 24.4 Å². The summed E-state index contributed by atoms with van der Waals surface area (Å²) in [5, 5.41) is 4.07. The van der Waals surface area contributed by atoms with Gasteiger partial charge in [0.2, 0.25) is 5.91 Å². The Kier molecular flexibility index (Phi) is 6.67. The number of amides is 1. The third-order valence-corrected chi connectivity index (χ3v) is 4.57. The molecule has 1 aliphatic heterocycles. The van der Waals surface area contributed by atoms with E-state index >= 15 is 0 Å². The highest BCUT2D eigenvalue weighted by molar-refractivity contribution is 6.30. The van der Waals surface area contributed by atoms with Crippen LogP contribution in [0.25, 0.3) is 0 Å². The normalized spacial score (nSPS) is 16.0. The first-order chi connectivity index (χ1) is 11.2. The predicted octanol–water partition coefficient (Wildman–Crippen LogP) is 3.82. The second-order valence-electron chi connectivity index (χ2n) is 5.89. The number of carbonyl (C=O) groups is 1. The van der Waals surface area contributed by atoms with E-state index in [1.165, 1.54) is 11.1 Å². The van der Waals surface area contributed by atoms with E-state index in [4.69, 9.17) is 11.6 Å². The fourth-order valence-corrected chi connectivity index (χ4v) is 3.26. The molecule has 1 unspecified atom stereocenters. The SMILES string of the molecule is CCN(Cc1cccc(Cl)c1)C(=O)C1Cc2ccccc2CN1.Cl. The van der Waals surface area contributed by atoms with E-state index in [1.807, 2.05) is 48.2 Å². The molecule has 0 saturated carbocycles. The van der Waals surface area contributed by atoms with Gasteiger partial charge in [-0.25, -0.2) is 0 Å². The lowest BCUT2D eigenvalue weighted by Crippen LogP contribution is -2.49. The average Bonchev–Trinajstić information content (AvgIpc) is 2.58. The van der Waals surface area contributed by atoms with Gasteiger partial charge < -0.3 is 10.2 Å². The maximum absolute atomic E-state index is 12.9. The third kappa shape index (κ3) is 4.29. The van der Waals surface area contributed by atoms with Crippen molar-refractivity contribution >= 4 is 29.9 Å². The molecule has 0 saturated heterocycles. The van der Waals surface area contributed by atoms with Gasteiger partial charge in [0.15, 0.2) is 0 Å². The number of likely N-dealkylation sites (N-methyl/N-ethyl adjacent to an activating group) is 1. The van der Waals surface area contributed by atoms with Crippen molar-refractivity contribution in [1.82, 2.24) is 10.2 Å². The van der Waals surface area contributed by atoms with Gasteiger partial charge >= 0.3 is 0 Å². The van der Waals surface area contributed by atoms with Crippen LogP contribution in [-0.2, 0) is 24.3 Å². The highest BCUT2D eigenvalue weighted by Gasteiger charge is 2.27. The zero-order valence-electron chi connectivity index (χ0n) is 13.7. The number of rotatable bonds is 4. The molecule has 2 aromatic rings. The zero-order valence-corrected chi connectivity index (χ0v) is 15.2. The molecule has 2 aromatic carbocycles. The minimum absolute atomic E-state index is 0. The van der Waals surface area contributed by atoms with Gasteiger partial charge in [-0.05, 0) is 42.2 Å². The van der Waals surface area contributed by atoms with Gasteiger partial charge in [0.1, 0.15) is 0 Å². The Morgan fingerprint density at radius 2 is 1.96 bits per heavy atom. The number of halogens is 2. The molecular formula is C19H22Cl2N2O. The molecule has 0 bridgehead atoms. The summed E-state index contributed by atoms with van der Waals surface area (Å²) >= 11 is 6.04. The summed E-state index contributed by atoms with van der Waals surface area (Å²) in [6.45, 7) is 4.04. The summed E-state index contributed by atoms with van der Waals surface area (Å²) < 4.78 is 0. The molecule has 3 nitrogen and oxygen atoms in total. The Bertz CT molecular complexity index is 705. The largest absolute Gasteiger partial charge is 0.337 e. The molecule has 1 aliphatic rings. The van der Waals surface area contributed by atoms with Gasteiger partial charge in [0.25, 0.3) is 0 Å². The van der Waals surface area contributed by atoms with Crippen LogP contribution in [0.3, 0.4) is 0 Å². The molecule has 24 heavy (non-hydrogen) atoms. The highest BCUT2D eigenvalue weighted by Crippen LogP contribution is 2.19. The quantitative estimate of drug-likeness (QED) is 0.893. The lowest BCUT2D eigenvalue weighted by Gasteiger charge is -2.30.